The largest absolute Gasteiger partial charge is 0.481 e. The van der Waals surface area contributed by atoms with Gasteiger partial charge in [-0.15, -0.1) is 0 Å². The van der Waals surface area contributed by atoms with Gasteiger partial charge >= 0.3 is 0 Å². The summed E-state index contributed by atoms with van der Waals surface area (Å²) in [4.78, 5) is 12.2. The second-order valence-electron chi connectivity index (χ2n) is 6.61. The van der Waals surface area contributed by atoms with Crippen LogP contribution in [0.4, 0.5) is 0 Å². The summed E-state index contributed by atoms with van der Waals surface area (Å²) in [5.74, 6) is 0.0917. The van der Waals surface area contributed by atoms with Crippen LogP contribution in [0.2, 0.25) is 0 Å². The van der Waals surface area contributed by atoms with Gasteiger partial charge in [-0.25, -0.2) is 12.7 Å². The quantitative estimate of drug-likeness (QED) is 0.855. The molecule has 2 rings (SSSR count). The zero-order chi connectivity index (χ0) is 16.5. The van der Waals surface area contributed by atoms with Crippen LogP contribution in [0.5, 0.6) is 5.75 Å². The maximum absolute atomic E-state index is 12.2. The summed E-state index contributed by atoms with van der Waals surface area (Å²) in [6.45, 7) is 8.18. The van der Waals surface area contributed by atoms with Crippen LogP contribution in [-0.2, 0) is 20.2 Å². The van der Waals surface area contributed by atoms with E-state index in [9.17, 15) is 13.2 Å². The third-order valence-corrected chi connectivity index (χ3v) is 5.56. The first-order valence-electron chi connectivity index (χ1n) is 7.43. The molecule has 6 heteroatoms. The third-order valence-electron chi connectivity index (χ3n) is 3.73. The van der Waals surface area contributed by atoms with Crippen molar-refractivity contribution in [1.29, 1.82) is 0 Å². The molecular weight excluding hydrogens is 302 g/mol. The molecule has 1 atom stereocenters. The molecule has 1 aromatic rings. The molecule has 0 radical (unpaired) electrons. The first-order valence-corrected chi connectivity index (χ1v) is 9.03. The Morgan fingerprint density at radius 1 is 1.23 bits per heavy atom. The second kappa shape index (κ2) is 5.91. The van der Waals surface area contributed by atoms with E-state index >= 15 is 0 Å². The Kier molecular flexibility index (Phi) is 4.52. The van der Waals surface area contributed by atoms with E-state index in [0.29, 0.717) is 12.2 Å². The van der Waals surface area contributed by atoms with Crippen LogP contribution in [-0.4, -0.2) is 37.0 Å². The van der Waals surface area contributed by atoms with E-state index in [-0.39, 0.29) is 17.7 Å². The van der Waals surface area contributed by atoms with Gasteiger partial charge in [-0.1, -0.05) is 32.9 Å². The summed E-state index contributed by atoms with van der Waals surface area (Å²) in [5.41, 5.74) is 1.21. The van der Waals surface area contributed by atoms with Crippen molar-refractivity contribution in [3.63, 3.8) is 0 Å². The average molecular weight is 325 g/mol. The van der Waals surface area contributed by atoms with Crippen molar-refractivity contribution in [2.75, 3.05) is 12.3 Å². The molecule has 1 heterocycles. The summed E-state index contributed by atoms with van der Waals surface area (Å²) in [7, 11) is -3.45. The minimum absolute atomic E-state index is 0.0335. The van der Waals surface area contributed by atoms with Gasteiger partial charge in [-0.05, 0) is 36.5 Å². The first-order chi connectivity index (χ1) is 10.1. The van der Waals surface area contributed by atoms with E-state index in [2.05, 4.69) is 20.8 Å². The number of ether oxygens (including phenoxy) is 1. The van der Waals surface area contributed by atoms with Gasteiger partial charge in [0.1, 0.15) is 5.75 Å². The zero-order valence-corrected chi connectivity index (χ0v) is 14.3. The molecule has 0 aromatic heterocycles. The van der Waals surface area contributed by atoms with E-state index in [0.717, 1.165) is 4.31 Å². The molecule has 1 fully saturated rings. The van der Waals surface area contributed by atoms with Gasteiger partial charge in [0.25, 0.3) is 5.91 Å². The van der Waals surface area contributed by atoms with Crippen molar-refractivity contribution < 1.29 is 17.9 Å². The molecule has 1 saturated heterocycles. The number of nitrogens with zero attached hydrogens (tertiary/aromatic N) is 1. The molecule has 0 spiro atoms. The first kappa shape index (κ1) is 16.8. The Morgan fingerprint density at radius 3 is 2.27 bits per heavy atom. The number of amides is 1. The van der Waals surface area contributed by atoms with E-state index in [1.54, 1.807) is 6.92 Å². The second-order valence-corrected chi connectivity index (χ2v) is 8.63. The normalized spacial score (nSPS) is 19.0. The fourth-order valence-electron chi connectivity index (χ4n) is 2.38. The topological polar surface area (TPSA) is 63.7 Å². The van der Waals surface area contributed by atoms with Crippen LogP contribution in [0, 0.1) is 0 Å². The number of rotatable bonds is 3. The van der Waals surface area contributed by atoms with Crippen molar-refractivity contribution in [2.24, 2.45) is 0 Å². The molecule has 1 aliphatic heterocycles. The maximum Gasteiger partial charge on any atom is 0.276 e. The fourth-order valence-corrected chi connectivity index (χ4v) is 3.92. The summed E-state index contributed by atoms with van der Waals surface area (Å²) in [6.07, 6.45) is -0.338. The predicted octanol–water partition coefficient (Wildman–Crippen LogP) is 2.31. The molecule has 0 bridgehead atoms. The van der Waals surface area contributed by atoms with Crippen LogP contribution in [0.1, 0.15) is 39.7 Å². The van der Waals surface area contributed by atoms with Crippen molar-refractivity contribution in [3.05, 3.63) is 29.8 Å². The number of carbonyl (C=O) groups excluding carboxylic acids is 1. The molecule has 0 N–H and O–H groups in total. The molecule has 0 aliphatic carbocycles. The molecule has 1 aromatic carbocycles. The van der Waals surface area contributed by atoms with Gasteiger partial charge in [0.2, 0.25) is 10.0 Å². The number of benzene rings is 1. The lowest BCUT2D eigenvalue weighted by Crippen LogP contribution is -2.41. The van der Waals surface area contributed by atoms with Gasteiger partial charge in [0.05, 0.1) is 5.75 Å². The standard InChI is InChI=1S/C16H23NO4S/c1-12(15(18)17-10-5-11-22(17,19)20)21-14-8-6-13(7-9-14)16(2,3)4/h6-9,12H,5,10-11H2,1-4H3. The van der Waals surface area contributed by atoms with Crippen LogP contribution in [0.15, 0.2) is 24.3 Å². The lowest BCUT2D eigenvalue weighted by atomic mass is 9.87. The summed E-state index contributed by atoms with van der Waals surface area (Å²) < 4.78 is 30.1. The zero-order valence-electron chi connectivity index (χ0n) is 13.5. The Balaban J connectivity index is 2.06. The Hall–Kier alpha value is -1.56. The highest BCUT2D eigenvalue weighted by molar-refractivity contribution is 7.89. The summed E-state index contributed by atoms with van der Waals surface area (Å²) in [6, 6.07) is 7.53. The number of carbonyl (C=O) groups is 1. The highest BCUT2D eigenvalue weighted by Crippen LogP contribution is 2.25. The van der Waals surface area contributed by atoms with E-state index in [4.69, 9.17) is 4.74 Å². The van der Waals surface area contributed by atoms with Gasteiger partial charge in [0, 0.05) is 6.54 Å². The molecule has 5 nitrogen and oxygen atoms in total. The van der Waals surface area contributed by atoms with Crippen LogP contribution in [0.3, 0.4) is 0 Å². The molecule has 1 amide bonds. The van der Waals surface area contributed by atoms with Gasteiger partial charge in [-0.2, -0.15) is 0 Å². The van der Waals surface area contributed by atoms with E-state index in [1.807, 2.05) is 24.3 Å². The number of sulfonamides is 1. The van der Waals surface area contributed by atoms with Crippen molar-refractivity contribution in [1.82, 2.24) is 4.31 Å². The van der Waals surface area contributed by atoms with E-state index < -0.39 is 22.0 Å². The Morgan fingerprint density at radius 2 is 1.82 bits per heavy atom. The average Bonchev–Trinajstić information content (AvgIpc) is 2.77. The van der Waals surface area contributed by atoms with Crippen LogP contribution < -0.4 is 4.74 Å². The molecule has 1 aliphatic rings. The highest BCUT2D eigenvalue weighted by Gasteiger charge is 2.35. The minimum atomic E-state index is -3.45. The SMILES string of the molecule is CC(Oc1ccc(C(C)(C)C)cc1)C(=O)N1CCCS1(=O)=O. The smallest absolute Gasteiger partial charge is 0.276 e. The van der Waals surface area contributed by atoms with Crippen LogP contribution >= 0.6 is 0 Å². The molecular formula is C16H23NO4S. The minimum Gasteiger partial charge on any atom is -0.481 e. The van der Waals surface area contributed by atoms with Gasteiger partial charge in [0.15, 0.2) is 6.10 Å². The highest BCUT2D eigenvalue weighted by atomic mass is 32.2. The predicted molar refractivity (Wildman–Crippen MR) is 85.3 cm³/mol. The van der Waals surface area contributed by atoms with Crippen molar-refractivity contribution in [2.45, 2.75) is 45.6 Å². The Labute approximate surface area is 132 Å². The lowest BCUT2D eigenvalue weighted by molar-refractivity contribution is -0.132. The third kappa shape index (κ3) is 3.61. The van der Waals surface area contributed by atoms with Crippen molar-refractivity contribution >= 4 is 15.9 Å². The summed E-state index contributed by atoms with van der Waals surface area (Å²) >= 11 is 0. The maximum atomic E-state index is 12.2. The van der Waals surface area contributed by atoms with Gasteiger partial charge in [-0.3, -0.25) is 4.79 Å². The molecule has 22 heavy (non-hydrogen) atoms. The van der Waals surface area contributed by atoms with Crippen molar-refractivity contribution in [3.8, 4) is 5.75 Å². The molecule has 0 saturated carbocycles. The van der Waals surface area contributed by atoms with E-state index in [1.165, 1.54) is 5.56 Å². The number of hydrogen-bond acceptors (Lipinski definition) is 4. The number of hydrogen-bond donors (Lipinski definition) is 0. The monoisotopic (exact) mass is 325 g/mol. The molecule has 122 valence electrons. The fraction of sp³-hybridized carbons (Fsp3) is 0.562. The van der Waals surface area contributed by atoms with Crippen LogP contribution in [0.25, 0.3) is 0 Å². The molecule has 1 unspecified atom stereocenters. The Bertz CT molecular complexity index is 644. The van der Waals surface area contributed by atoms with Gasteiger partial charge < -0.3 is 4.74 Å². The summed E-state index contributed by atoms with van der Waals surface area (Å²) in [5, 5.41) is 0. The lowest BCUT2D eigenvalue weighted by Gasteiger charge is -2.22.